The van der Waals surface area contributed by atoms with Crippen LogP contribution in [0.1, 0.15) is 33.3 Å². The van der Waals surface area contributed by atoms with E-state index in [2.05, 4.69) is 66.0 Å². The zero-order chi connectivity index (χ0) is 21.5. The van der Waals surface area contributed by atoms with Crippen molar-refractivity contribution in [2.24, 2.45) is 10.9 Å². The number of hydrogen-bond acceptors (Lipinski definition) is 6. The van der Waals surface area contributed by atoms with Crippen LogP contribution in [0.25, 0.3) is 16.6 Å². The molecule has 154 valence electrons. The molecule has 1 atom stereocenters. The first-order chi connectivity index (χ1) is 14.4. The number of pyridine rings is 1. The third-order valence-electron chi connectivity index (χ3n) is 6.11. The highest BCUT2D eigenvalue weighted by atomic mass is 15.3. The Labute approximate surface area is 176 Å². The van der Waals surface area contributed by atoms with Crippen molar-refractivity contribution in [1.82, 2.24) is 24.9 Å². The van der Waals surface area contributed by atoms with E-state index in [0.29, 0.717) is 11.9 Å². The molecule has 0 saturated heterocycles. The summed E-state index contributed by atoms with van der Waals surface area (Å²) in [6.45, 7) is 12.6. The fraction of sp³-hybridized carbons (Fsp3) is 0.304. The van der Waals surface area contributed by atoms with Gasteiger partial charge in [-0.15, -0.1) is 5.10 Å². The zero-order valence-corrected chi connectivity index (χ0v) is 18.1. The molecule has 1 aliphatic rings. The predicted molar refractivity (Wildman–Crippen MR) is 122 cm³/mol. The number of rotatable bonds is 6. The summed E-state index contributed by atoms with van der Waals surface area (Å²) in [6.07, 6.45) is 9.14. The molecule has 1 unspecified atom stereocenters. The van der Waals surface area contributed by atoms with E-state index < -0.39 is 0 Å². The summed E-state index contributed by atoms with van der Waals surface area (Å²) in [6, 6.07) is 4.26. The van der Waals surface area contributed by atoms with Crippen LogP contribution < -0.4 is 10.6 Å². The van der Waals surface area contributed by atoms with Gasteiger partial charge in [-0.1, -0.05) is 20.4 Å². The van der Waals surface area contributed by atoms with Crippen molar-refractivity contribution in [3.05, 3.63) is 60.8 Å². The second kappa shape index (κ2) is 7.40. The molecule has 0 radical (unpaired) electrons. The largest absolute Gasteiger partial charge is 0.392 e. The Bertz CT molecular complexity index is 1190. The lowest BCUT2D eigenvalue weighted by atomic mass is 9.71. The number of nitrogens with one attached hydrogen (secondary N) is 2. The van der Waals surface area contributed by atoms with Gasteiger partial charge in [0.25, 0.3) is 0 Å². The normalized spacial score (nSPS) is 18.5. The first kappa shape index (κ1) is 19.8. The summed E-state index contributed by atoms with van der Waals surface area (Å²) in [5, 5.41) is 10.7. The standard InChI is InChI=1S/C23H27N7/c1-7-17(12-24-6)28-22-26-13-20-18(8-9-30(20)29-22)16-10-19-21(25-11-16)27-15(4)23(19,5)14(2)3/h7-14,24H,1H2,2-6H3,(H,28,29)/b17-12+. The zero-order valence-electron chi connectivity index (χ0n) is 18.1. The minimum atomic E-state index is -0.109. The van der Waals surface area contributed by atoms with Gasteiger partial charge in [0, 0.05) is 53.5 Å². The first-order valence-corrected chi connectivity index (χ1v) is 10.1. The average Bonchev–Trinajstić information content (AvgIpc) is 3.26. The van der Waals surface area contributed by atoms with Crippen molar-refractivity contribution in [2.75, 3.05) is 12.4 Å². The lowest BCUT2D eigenvalue weighted by Crippen LogP contribution is -2.33. The summed E-state index contributed by atoms with van der Waals surface area (Å²) in [5.41, 5.74) is 5.98. The molecule has 4 rings (SSSR count). The first-order valence-electron chi connectivity index (χ1n) is 10.1. The van der Waals surface area contributed by atoms with Crippen molar-refractivity contribution in [2.45, 2.75) is 33.1 Å². The maximum atomic E-state index is 4.72. The van der Waals surface area contributed by atoms with Gasteiger partial charge in [-0.25, -0.2) is 19.5 Å². The molecule has 0 amide bonds. The molecule has 3 aromatic heterocycles. The maximum Gasteiger partial charge on any atom is 0.245 e. The van der Waals surface area contributed by atoms with E-state index in [1.165, 1.54) is 5.56 Å². The third-order valence-corrected chi connectivity index (χ3v) is 6.11. The molecular weight excluding hydrogens is 374 g/mol. The number of anilines is 1. The summed E-state index contributed by atoms with van der Waals surface area (Å²) >= 11 is 0. The van der Waals surface area contributed by atoms with Crippen LogP contribution in [0.5, 0.6) is 0 Å². The van der Waals surface area contributed by atoms with Gasteiger partial charge < -0.3 is 10.6 Å². The van der Waals surface area contributed by atoms with E-state index in [1.807, 2.05) is 36.2 Å². The quantitative estimate of drug-likeness (QED) is 0.596. The molecular formula is C23H27N7. The van der Waals surface area contributed by atoms with E-state index >= 15 is 0 Å². The molecule has 0 aromatic carbocycles. The molecule has 7 heteroatoms. The number of aliphatic imine (C=N–C) groups is 1. The molecule has 4 heterocycles. The number of hydrogen-bond donors (Lipinski definition) is 2. The topological polar surface area (TPSA) is 79.5 Å². The van der Waals surface area contributed by atoms with Crippen molar-refractivity contribution in [1.29, 1.82) is 0 Å². The van der Waals surface area contributed by atoms with Crippen LogP contribution in [0.2, 0.25) is 0 Å². The van der Waals surface area contributed by atoms with Crippen molar-refractivity contribution in [3.63, 3.8) is 0 Å². The number of allylic oxidation sites excluding steroid dienone is 1. The Morgan fingerprint density at radius 3 is 2.77 bits per heavy atom. The summed E-state index contributed by atoms with van der Waals surface area (Å²) in [5.74, 6) is 1.74. The fourth-order valence-electron chi connectivity index (χ4n) is 3.91. The van der Waals surface area contributed by atoms with E-state index in [0.717, 1.165) is 33.9 Å². The van der Waals surface area contributed by atoms with E-state index in [1.54, 1.807) is 12.3 Å². The number of aromatic nitrogens is 4. The molecule has 2 N–H and O–H groups in total. The number of nitrogens with zero attached hydrogens (tertiary/aromatic N) is 5. The lowest BCUT2D eigenvalue weighted by molar-refractivity contribution is 0.456. The molecule has 3 aromatic rings. The highest BCUT2D eigenvalue weighted by Crippen LogP contribution is 2.45. The predicted octanol–water partition coefficient (Wildman–Crippen LogP) is 4.47. The fourth-order valence-corrected chi connectivity index (χ4v) is 3.91. The highest BCUT2D eigenvalue weighted by Gasteiger charge is 2.40. The maximum absolute atomic E-state index is 4.72. The van der Waals surface area contributed by atoms with Gasteiger partial charge >= 0.3 is 0 Å². The molecule has 0 fully saturated rings. The van der Waals surface area contributed by atoms with E-state index in [-0.39, 0.29) is 5.41 Å². The monoisotopic (exact) mass is 401 g/mol. The van der Waals surface area contributed by atoms with Crippen LogP contribution in [0, 0.1) is 5.92 Å². The Hall–Kier alpha value is -3.48. The van der Waals surface area contributed by atoms with Crippen LogP contribution in [0.4, 0.5) is 11.8 Å². The minimum Gasteiger partial charge on any atom is -0.392 e. The summed E-state index contributed by atoms with van der Waals surface area (Å²) in [4.78, 5) is 13.9. The van der Waals surface area contributed by atoms with Crippen LogP contribution in [0.3, 0.4) is 0 Å². The van der Waals surface area contributed by atoms with E-state index in [9.17, 15) is 0 Å². The van der Waals surface area contributed by atoms with E-state index in [4.69, 9.17) is 4.99 Å². The van der Waals surface area contributed by atoms with Gasteiger partial charge in [-0.05, 0) is 38.0 Å². The third kappa shape index (κ3) is 3.07. The minimum absolute atomic E-state index is 0.109. The average molecular weight is 402 g/mol. The molecule has 0 spiro atoms. The van der Waals surface area contributed by atoms with Crippen molar-refractivity contribution >= 4 is 23.0 Å². The van der Waals surface area contributed by atoms with Crippen LogP contribution in [0.15, 0.2) is 60.3 Å². The molecule has 0 aliphatic carbocycles. The molecule has 30 heavy (non-hydrogen) atoms. The Morgan fingerprint density at radius 1 is 1.27 bits per heavy atom. The van der Waals surface area contributed by atoms with Gasteiger partial charge in [0.1, 0.15) is 0 Å². The van der Waals surface area contributed by atoms with Gasteiger partial charge in [-0.3, -0.25) is 0 Å². The van der Waals surface area contributed by atoms with Gasteiger partial charge in [0.05, 0.1) is 17.4 Å². The van der Waals surface area contributed by atoms with Crippen LogP contribution in [-0.2, 0) is 5.41 Å². The molecule has 0 bridgehead atoms. The van der Waals surface area contributed by atoms with Gasteiger partial charge in [-0.2, -0.15) is 0 Å². The van der Waals surface area contributed by atoms with Crippen molar-refractivity contribution < 1.29 is 0 Å². The molecule has 1 aliphatic heterocycles. The van der Waals surface area contributed by atoms with Gasteiger partial charge in [0.15, 0.2) is 5.82 Å². The summed E-state index contributed by atoms with van der Waals surface area (Å²) < 4.78 is 1.82. The second-order valence-corrected chi connectivity index (χ2v) is 8.01. The Kier molecular flexibility index (Phi) is 4.89. The smallest absolute Gasteiger partial charge is 0.245 e. The molecule has 0 saturated carbocycles. The van der Waals surface area contributed by atoms with Crippen LogP contribution in [-0.4, -0.2) is 32.3 Å². The Balaban J connectivity index is 1.73. The summed E-state index contributed by atoms with van der Waals surface area (Å²) in [7, 11) is 1.83. The highest BCUT2D eigenvalue weighted by molar-refractivity contribution is 6.00. The van der Waals surface area contributed by atoms with Crippen molar-refractivity contribution in [3.8, 4) is 11.1 Å². The van der Waals surface area contributed by atoms with Crippen LogP contribution >= 0.6 is 0 Å². The number of fused-ring (bicyclic) bond motifs is 2. The van der Waals surface area contributed by atoms with Gasteiger partial charge in [0.2, 0.25) is 5.95 Å². The second-order valence-electron chi connectivity index (χ2n) is 8.01. The SMILES string of the molecule is C=C/C(=C\NC)Nc1ncc2c(-c3cnc4c(c3)C(C)(C(C)C)C(C)=N4)ccn2n1. The Morgan fingerprint density at radius 2 is 2.07 bits per heavy atom. The lowest BCUT2D eigenvalue weighted by Gasteiger charge is -2.30. The molecule has 7 nitrogen and oxygen atoms in total.